The number of H-pyrrole nitrogens is 1. The first-order chi connectivity index (χ1) is 18.0. The number of urea groups is 1. The van der Waals surface area contributed by atoms with Crippen molar-refractivity contribution in [1.29, 1.82) is 0 Å². The van der Waals surface area contributed by atoms with Crippen LogP contribution >= 0.6 is 0 Å². The van der Waals surface area contributed by atoms with E-state index in [-0.39, 0.29) is 24.2 Å². The first-order valence-electron chi connectivity index (χ1n) is 12.4. The van der Waals surface area contributed by atoms with Crippen molar-refractivity contribution >= 4 is 28.5 Å². The van der Waals surface area contributed by atoms with Crippen molar-refractivity contribution in [2.45, 2.75) is 31.8 Å². The molecule has 190 valence electrons. The monoisotopic (exact) mass is 502 g/mol. The molecule has 1 aliphatic carbocycles. The van der Waals surface area contributed by atoms with Crippen LogP contribution in [0.2, 0.25) is 0 Å². The lowest BCUT2D eigenvalue weighted by Crippen LogP contribution is -2.45. The van der Waals surface area contributed by atoms with E-state index in [2.05, 4.69) is 16.4 Å². The van der Waals surface area contributed by atoms with Gasteiger partial charge in [0.15, 0.2) is 11.6 Å². The highest BCUT2D eigenvalue weighted by Gasteiger charge is 2.35. The van der Waals surface area contributed by atoms with E-state index in [1.54, 1.807) is 4.90 Å². The fraction of sp³-hybridized carbons (Fsp3) is 0.241. The standard InChI is InChI=1S/C29H28F2N4O2/c30-25-13-10-22(16-26(25)31)33-29(37)35(23-11-12-23)19-28(36)34(18-20-6-2-1-3-7-20)15-14-21-17-32-27-9-5-4-8-24(21)27/h1-10,13,16-17,23,32H,11-12,14-15,18-19H2,(H,33,37). The molecular formula is C29H28F2N4O2. The third-order valence-electron chi connectivity index (χ3n) is 6.62. The predicted octanol–water partition coefficient (Wildman–Crippen LogP) is 5.71. The number of aromatic amines is 1. The van der Waals surface area contributed by atoms with Crippen molar-refractivity contribution in [2.75, 3.05) is 18.4 Å². The summed E-state index contributed by atoms with van der Waals surface area (Å²) in [5.74, 6) is -2.20. The van der Waals surface area contributed by atoms with E-state index < -0.39 is 17.7 Å². The molecule has 0 saturated heterocycles. The molecule has 5 rings (SSSR count). The van der Waals surface area contributed by atoms with E-state index in [9.17, 15) is 18.4 Å². The smallest absolute Gasteiger partial charge is 0.322 e. The maximum atomic E-state index is 13.6. The normalized spacial score (nSPS) is 12.9. The Morgan fingerprint density at radius 2 is 1.70 bits per heavy atom. The number of carbonyl (C=O) groups is 2. The third kappa shape index (κ3) is 5.97. The molecule has 1 aromatic heterocycles. The Labute approximate surface area is 213 Å². The lowest BCUT2D eigenvalue weighted by atomic mass is 10.1. The molecule has 0 unspecified atom stereocenters. The zero-order valence-electron chi connectivity index (χ0n) is 20.3. The van der Waals surface area contributed by atoms with Crippen LogP contribution in [0.25, 0.3) is 10.9 Å². The highest BCUT2D eigenvalue weighted by molar-refractivity contribution is 5.93. The predicted molar refractivity (Wildman–Crippen MR) is 139 cm³/mol. The number of para-hydroxylation sites is 1. The number of nitrogens with one attached hydrogen (secondary N) is 2. The molecule has 1 heterocycles. The third-order valence-corrected chi connectivity index (χ3v) is 6.62. The summed E-state index contributed by atoms with van der Waals surface area (Å²) in [5.41, 5.74) is 3.31. The van der Waals surface area contributed by atoms with Crippen LogP contribution < -0.4 is 5.32 Å². The van der Waals surface area contributed by atoms with E-state index >= 15 is 0 Å². The molecule has 0 atom stereocenters. The number of aromatic nitrogens is 1. The summed E-state index contributed by atoms with van der Waals surface area (Å²) in [6, 6.07) is 20.4. The summed E-state index contributed by atoms with van der Waals surface area (Å²) in [7, 11) is 0. The van der Waals surface area contributed by atoms with Gasteiger partial charge < -0.3 is 20.1 Å². The van der Waals surface area contributed by atoms with Gasteiger partial charge in [0.05, 0.1) is 0 Å². The van der Waals surface area contributed by atoms with Gasteiger partial charge >= 0.3 is 6.03 Å². The molecule has 6 nitrogen and oxygen atoms in total. The lowest BCUT2D eigenvalue weighted by molar-refractivity contribution is -0.132. The zero-order valence-corrected chi connectivity index (χ0v) is 20.3. The van der Waals surface area contributed by atoms with Crippen LogP contribution in [0.1, 0.15) is 24.0 Å². The van der Waals surface area contributed by atoms with Crippen LogP contribution in [0, 0.1) is 11.6 Å². The Bertz CT molecular complexity index is 1400. The molecular weight excluding hydrogens is 474 g/mol. The van der Waals surface area contributed by atoms with Crippen molar-refractivity contribution < 1.29 is 18.4 Å². The molecule has 1 saturated carbocycles. The number of carbonyl (C=O) groups excluding carboxylic acids is 2. The second-order valence-corrected chi connectivity index (χ2v) is 9.33. The Balaban J connectivity index is 1.31. The van der Waals surface area contributed by atoms with Gasteiger partial charge in [0.25, 0.3) is 0 Å². The molecule has 0 spiro atoms. The van der Waals surface area contributed by atoms with Gasteiger partial charge in [-0.2, -0.15) is 0 Å². The number of hydrogen-bond acceptors (Lipinski definition) is 2. The number of fused-ring (bicyclic) bond motifs is 1. The van der Waals surface area contributed by atoms with Gasteiger partial charge in [-0.3, -0.25) is 4.79 Å². The fourth-order valence-corrected chi connectivity index (χ4v) is 4.46. The summed E-state index contributed by atoms with van der Waals surface area (Å²) in [6.07, 6.45) is 4.23. The average Bonchev–Trinajstić information content (AvgIpc) is 3.67. The number of rotatable bonds is 9. The van der Waals surface area contributed by atoms with Gasteiger partial charge in [-0.25, -0.2) is 13.6 Å². The molecule has 0 radical (unpaired) electrons. The van der Waals surface area contributed by atoms with Crippen molar-refractivity contribution in [3.63, 3.8) is 0 Å². The molecule has 4 aromatic rings. The van der Waals surface area contributed by atoms with Crippen LogP contribution in [-0.4, -0.2) is 45.9 Å². The van der Waals surface area contributed by atoms with Crippen LogP contribution in [0.4, 0.5) is 19.3 Å². The summed E-state index contributed by atoms with van der Waals surface area (Å²) < 4.78 is 26.9. The molecule has 0 aliphatic heterocycles. The van der Waals surface area contributed by atoms with E-state index in [1.807, 2.05) is 54.7 Å². The van der Waals surface area contributed by atoms with Crippen LogP contribution in [0.5, 0.6) is 0 Å². The van der Waals surface area contributed by atoms with Gasteiger partial charge in [-0.05, 0) is 48.6 Å². The number of benzene rings is 3. The van der Waals surface area contributed by atoms with Gasteiger partial charge in [0.1, 0.15) is 6.54 Å². The van der Waals surface area contributed by atoms with Gasteiger partial charge in [0, 0.05) is 48.0 Å². The molecule has 3 aromatic carbocycles. The van der Waals surface area contributed by atoms with Crippen molar-refractivity contribution in [2.24, 2.45) is 0 Å². The molecule has 2 N–H and O–H groups in total. The number of anilines is 1. The number of hydrogen-bond donors (Lipinski definition) is 2. The Morgan fingerprint density at radius 1 is 0.946 bits per heavy atom. The van der Waals surface area contributed by atoms with Crippen LogP contribution in [0.3, 0.4) is 0 Å². The minimum absolute atomic E-state index is 0.0542. The number of nitrogens with zero attached hydrogens (tertiary/aromatic N) is 2. The largest absolute Gasteiger partial charge is 0.361 e. The van der Waals surface area contributed by atoms with E-state index in [0.29, 0.717) is 19.5 Å². The average molecular weight is 503 g/mol. The zero-order chi connectivity index (χ0) is 25.8. The van der Waals surface area contributed by atoms with Crippen molar-refractivity contribution in [3.8, 4) is 0 Å². The van der Waals surface area contributed by atoms with E-state index in [1.165, 1.54) is 11.0 Å². The summed E-state index contributed by atoms with van der Waals surface area (Å²) in [4.78, 5) is 33.1. The highest BCUT2D eigenvalue weighted by Crippen LogP contribution is 2.28. The molecule has 0 bridgehead atoms. The Kier molecular flexibility index (Phi) is 7.16. The summed E-state index contributed by atoms with van der Waals surface area (Å²) in [5, 5.41) is 3.73. The van der Waals surface area contributed by atoms with Crippen LogP contribution in [0.15, 0.2) is 79.0 Å². The lowest BCUT2D eigenvalue weighted by Gasteiger charge is -2.28. The second kappa shape index (κ2) is 10.8. The quantitative estimate of drug-likeness (QED) is 0.308. The minimum atomic E-state index is -1.04. The van der Waals surface area contributed by atoms with Crippen LogP contribution in [-0.2, 0) is 17.8 Å². The Morgan fingerprint density at radius 3 is 2.46 bits per heavy atom. The highest BCUT2D eigenvalue weighted by atomic mass is 19.2. The molecule has 8 heteroatoms. The van der Waals surface area contributed by atoms with E-state index in [0.717, 1.165) is 47.0 Å². The van der Waals surface area contributed by atoms with Crippen molar-refractivity contribution in [3.05, 3.63) is 102 Å². The van der Waals surface area contributed by atoms with E-state index in [4.69, 9.17) is 0 Å². The number of amides is 3. The molecule has 1 aliphatic rings. The summed E-state index contributed by atoms with van der Waals surface area (Å²) >= 11 is 0. The van der Waals surface area contributed by atoms with Gasteiger partial charge in [-0.1, -0.05) is 48.5 Å². The maximum Gasteiger partial charge on any atom is 0.322 e. The first kappa shape index (κ1) is 24.5. The molecule has 1 fully saturated rings. The topological polar surface area (TPSA) is 68.4 Å². The van der Waals surface area contributed by atoms with Gasteiger partial charge in [0.2, 0.25) is 5.91 Å². The SMILES string of the molecule is O=C(CN(C(=O)Nc1ccc(F)c(F)c1)C1CC1)N(CCc1c[nH]c2ccccc12)Cc1ccccc1. The molecule has 37 heavy (non-hydrogen) atoms. The fourth-order valence-electron chi connectivity index (χ4n) is 4.46. The van der Waals surface area contributed by atoms with Crippen molar-refractivity contribution in [1.82, 2.24) is 14.8 Å². The minimum Gasteiger partial charge on any atom is -0.361 e. The van der Waals surface area contributed by atoms with Gasteiger partial charge in [-0.15, -0.1) is 0 Å². The summed E-state index contributed by atoms with van der Waals surface area (Å²) in [6.45, 7) is 0.811. The Hall–Kier alpha value is -4.20. The second-order valence-electron chi connectivity index (χ2n) is 9.33. The number of halogens is 2. The molecule has 3 amide bonds. The first-order valence-corrected chi connectivity index (χ1v) is 12.4. The maximum absolute atomic E-state index is 13.6.